The molecule has 2 amide bonds. The van der Waals surface area contributed by atoms with Crippen LogP contribution in [0.2, 0.25) is 0 Å². The maximum absolute atomic E-state index is 13.0. The molecule has 1 aliphatic heterocycles. The van der Waals surface area contributed by atoms with Gasteiger partial charge >= 0.3 is 0 Å². The lowest BCUT2D eigenvalue weighted by molar-refractivity contribution is -0.135. The summed E-state index contributed by atoms with van der Waals surface area (Å²) in [4.78, 5) is 27.4. The van der Waals surface area contributed by atoms with Crippen LogP contribution < -0.4 is 5.32 Å². The second kappa shape index (κ2) is 8.91. The Hall–Kier alpha value is -3.14. The van der Waals surface area contributed by atoms with Crippen LogP contribution in [0.3, 0.4) is 0 Å². The minimum Gasteiger partial charge on any atom is -0.352 e. The zero-order chi connectivity index (χ0) is 20.1. The molecule has 4 heteroatoms. The molecule has 0 saturated carbocycles. The van der Waals surface area contributed by atoms with E-state index >= 15 is 0 Å². The van der Waals surface area contributed by atoms with E-state index in [9.17, 15) is 9.59 Å². The average molecular weight is 386 g/mol. The van der Waals surface area contributed by atoms with Gasteiger partial charge in [0.2, 0.25) is 11.8 Å². The highest BCUT2D eigenvalue weighted by atomic mass is 16.2. The molecule has 1 heterocycles. The third kappa shape index (κ3) is 4.65. The maximum Gasteiger partial charge on any atom is 0.227 e. The van der Waals surface area contributed by atoms with Crippen LogP contribution in [0, 0.1) is 5.92 Å². The summed E-state index contributed by atoms with van der Waals surface area (Å²) in [7, 11) is 0. The molecule has 1 fully saturated rings. The normalized spacial score (nSPS) is 16.6. The Morgan fingerprint density at radius 2 is 1.69 bits per heavy atom. The fourth-order valence-electron chi connectivity index (χ4n) is 4.07. The van der Waals surface area contributed by atoms with E-state index in [0.717, 1.165) is 41.3 Å². The second-order valence-corrected chi connectivity index (χ2v) is 7.70. The SMILES string of the molecule is O=C(NCc1ccccc1)C1CCCN(C(=O)Cc2cccc3ccccc23)C1. The summed E-state index contributed by atoms with van der Waals surface area (Å²) in [5, 5.41) is 5.30. The first-order valence-electron chi connectivity index (χ1n) is 10.3. The van der Waals surface area contributed by atoms with Crippen LogP contribution in [0.5, 0.6) is 0 Å². The van der Waals surface area contributed by atoms with Crippen LogP contribution in [0.15, 0.2) is 72.8 Å². The molecule has 29 heavy (non-hydrogen) atoms. The predicted octanol–water partition coefficient (Wildman–Crippen LogP) is 3.94. The molecule has 4 nitrogen and oxygen atoms in total. The van der Waals surface area contributed by atoms with Gasteiger partial charge in [0.15, 0.2) is 0 Å². The largest absolute Gasteiger partial charge is 0.352 e. The number of hydrogen-bond donors (Lipinski definition) is 1. The standard InChI is InChI=1S/C25H26N2O2/c28-24(16-21-12-6-11-20-10-4-5-14-23(20)21)27-15-7-13-22(18-27)25(29)26-17-19-8-2-1-3-9-19/h1-6,8-12,14,22H,7,13,15-18H2,(H,26,29). The minimum atomic E-state index is -0.135. The number of nitrogens with zero attached hydrogens (tertiary/aromatic N) is 1. The number of piperidine rings is 1. The molecule has 0 aliphatic carbocycles. The molecule has 0 spiro atoms. The number of amides is 2. The quantitative estimate of drug-likeness (QED) is 0.722. The van der Waals surface area contributed by atoms with Gasteiger partial charge in [-0.15, -0.1) is 0 Å². The first kappa shape index (κ1) is 19.2. The molecule has 148 valence electrons. The van der Waals surface area contributed by atoms with Gasteiger partial charge in [0, 0.05) is 19.6 Å². The van der Waals surface area contributed by atoms with Crippen LogP contribution in [-0.2, 0) is 22.6 Å². The molecule has 1 atom stereocenters. The lowest BCUT2D eigenvalue weighted by Gasteiger charge is -2.32. The number of carbonyl (C=O) groups excluding carboxylic acids is 2. The van der Waals surface area contributed by atoms with E-state index in [-0.39, 0.29) is 17.7 Å². The molecule has 1 aliphatic rings. The van der Waals surface area contributed by atoms with Crippen molar-refractivity contribution in [2.45, 2.75) is 25.8 Å². The fraction of sp³-hybridized carbons (Fsp3) is 0.280. The molecule has 3 aromatic rings. The van der Waals surface area contributed by atoms with E-state index in [1.807, 2.05) is 59.5 Å². The van der Waals surface area contributed by atoms with Crippen molar-refractivity contribution in [1.82, 2.24) is 10.2 Å². The second-order valence-electron chi connectivity index (χ2n) is 7.70. The number of likely N-dealkylation sites (tertiary alicyclic amines) is 1. The molecule has 1 unspecified atom stereocenters. The number of carbonyl (C=O) groups is 2. The highest BCUT2D eigenvalue weighted by Crippen LogP contribution is 2.22. The third-order valence-electron chi connectivity index (χ3n) is 5.68. The van der Waals surface area contributed by atoms with Crippen LogP contribution in [0.25, 0.3) is 10.8 Å². The zero-order valence-electron chi connectivity index (χ0n) is 16.5. The Balaban J connectivity index is 1.37. The summed E-state index contributed by atoms with van der Waals surface area (Å²) in [6.07, 6.45) is 2.07. The number of fused-ring (bicyclic) bond motifs is 1. The van der Waals surface area contributed by atoms with E-state index in [4.69, 9.17) is 0 Å². The molecule has 4 rings (SSSR count). The fourth-order valence-corrected chi connectivity index (χ4v) is 4.07. The Morgan fingerprint density at radius 3 is 2.55 bits per heavy atom. The van der Waals surface area contributed by atoms with Gasteiger partial charge in [-0.1, -0.05) is 72.8 Å². The molecule has 1 N–H and O–H groups in total. The smallest absolute Gasteiger partial charge is 0.227 e. The number of rotatable bonds is 5. The van der Waals surface area contributed by atoms with Gasteiger partial charge in [0.1, 0.15) is 0 Å². The highest BCUT2D eigenvalue weighted by Gasteiger charge is 2.28. The van der Waals surface area contributed by atoms with Gasteiger partial charge in [-0.3, -0.25) is 9.59 Å². The molecule has 3 aromatic carbocycles. The lowest BCUT2D eigenvalue weighted by Crippen LogP contribution is -2.45. The molecular weight excluding hydrogens is 360 g/mol. The summed E-state index contributed by atoms with van der Waals surface area (Å²) in [5.41, 5.74) is 2.13. The summed E-state index contributed by atoms with van der Waals surface area (Å²) in [6.45, 7) is 1.76. The minimum absolute atomic E-state index is 0.0384. The van der Waals surface area contributed by atoms with E-state index in [1.165, 1.54) is 0 Å². The van der Waals surface area contributed by atoms with Gasteiger partial charge in [-0.05, 0) is 34.7 Å². The predicted molar refractivity (Wildman–Crippen MR) is 115 cm³/mol. The van der Waals surface area contributed by atoms with Crippen molar-refractivity contribution >= 4 is 22.6 Å². The third-order valence-corrected chi connectivity index (χ3v) is 5.68. The Labute approximate surface area is 171 Å². The first-order valence-corrected chi connectivity index (χ1v) is 10.3. The summed E-state index contributed by atoms with van der Waals surface area (Å²) in [5.74, 6) is 0.00218. The number of hydrogen-bond acceptors (Lipinski definition) is 2. The van der Waals surface area contributed by atoms with E-state index in [0.29, 0.717) is 19.5 Å². The Bertz CT molecular complexity index is 995. The monoisotopic (exact) mass is 386 g/mol. The van der Waals surface area contributed by atoms with Gasteiger partial charge in [-0.25, -0.2) is 0 Å². The maximum atomic E-state index is 13.0. The topological polar surface area (TPSA) is 49.4 Å². The lowest BCUT2D eigenvalue weighted by atomic mass is 9.95. The van der Waals surface area contributed by atoms with Crippen LogP contribution in [0.1, 0.15) is 24.0 Å². The van der Waals surface area contributed by atoms with Crippen molar-refractivity contribution in [3.05, 3.63) is 83.9 Å². The molecule has 0 bridgehead atoms. The molecule has 0 radical (unpaired) electrons. The first-order chi connectivity index (χ1) is 14.2. The highest BCUT2D eigenvalue weighted by molar-refractivity contribution is 5.90. The van der Waals surface area contributed by atoms with Crippen molar-refractivity contribution in [2.24, 2.45) is 5.92 Å². The van der Waals surface area contributed by atoms with Gasteiger partial charge in [0.05, 0.1) is 12.3 Å². The van der Waals surface area contributed by atoms with Crippen molar-refractivity contribution in [3.63, 3.8) is 0 Å². The van der Waals surface area contributed by atoms with Crippen LogP contribution in [-0.4, -0.2) is 29.8 Å². The Kier molecular flexibility index (Phi) is 5.89. The number of benzene rings is 3. The van der Waals surface area contributed by atoms with Gasteiger partial charge in [-0.2, -0.15) is 0 Å². The Morgan fingerprint density at radius 1 is 0.931 bits per heavy atom. The summed E-state index contributed by atoms with van der Waals surface area (Å²) < 4.78 is 0. The van der Waals surface area contributed by atoms with Gasteiger partial charge in [0.25, 0.3) is 0 Å². The van der Waals surface area contributed by atoms with Crippen molar-refractivity contribution in [2.75, 3.05) is 13.1 Å². The van der Waals surface area contributed by atoms with Crippen molar-refractivity contribution < 1.29 is 9.59 Å². The van der Waals surface area contributed by atoms with E-state index < -0.39 is 0 Å². The summed E-state index contributed by atoms with van der Waals surface area (Å²) >= 11 is 0. The van der Waals surface area contributed by atoms with Gasteiger partial charge < -0.3 is 10.2 Å². The molecule has 0 aromatic heterocycles. The summed E-state index contributed by atoms with van der Waals surface area (Å²) in [6, 6.07) is 24.1. The average Bonchev–Trinajstić information content (AvgIpc) is 2.78. The van der Waals surface area contributed by atoms with E-state index in [2.05, 4.69) is 23.5 Å². The van der Waals surface area contributed by atoms with E-state index in [1.54, 1.807) is 0 Å². The van der Waals surface area contributed by atoms with Crippen molar-refractivity contribution in [1.29, 1.82) is 0 Å². The molecule has 1 saturated heterocycles. The van der Waals surface area contributed by atoms with Crippen LogP contribution >= 0.6 is 0 Å². The number of nitrogens with one attached hydrogen (secondary N) is 1. The zero-order valence-corrected chi connectivity index (χ0v) is 16.5. The molecular formula is C25H26N2O2. The van der Waals surface area contributed by atoms with Crippen LogP contribution in [0.4, 0.5) is 0 Å². The van der Waals surface area contributed by atoms with Crippen molar-refractivity contribution in [3.8, 4) is 0 Å².